The maximum atomic E-state index is 2.58. The Kier molecular flexibility index (Phi) is 27.8. The lowest BCUT2D eigenvalue weighted by Gasteiger charge is -2.30. The molecule has 0 saturated carbocycles. The van der Waals surface area contributed by atoms with Gasteiger partial charge in [0.1, 0.15) is 45.5 Å². The maximum absolute atomic E-state index is 2.58. The van der Waals surface area contributed by atoms with Gasteiger partial charge in [-0.1, -0.05) is 349 Å². The minimum absolute atomic E-state index is 0.00759. The van der Waals surface area contributed by atoms with Crippen LogP contribution in [0.2, 0.25) is 0 Å². The minimum atomic E-state index is -0.151. The van der Waals surface area contributed by atoms with Gasteiger partial charge >= 0.3 is 27.9 Å². The van der Waals surface area contributed by atoms with Gasteiger partial charge in [0.15, 0.2) is 0 Å². The lowest BCUT2D eigenvalue weighted by atomic mass is 9.58. The van der Waals surface area contributed by atoms with Crippen LogP contribution in [0.3, 0.4) is 0 Å². The summed E-state index contributed by atoms with van der Waals surface area (Å²) in [6, 6.07) is 149. The van der Waals surface area contributed by atoms with Crippen LogP contribution in [0.25, 0.3) is 44.5 Å². The van der Waals surface area contributed by atoms with E-state index in [2.05, 4.69) is 619 Å². The summed E-state index contributed by atoms with van der Waals surface area (Å²) in [4.78, 5) is 20.2. The number of aryl methyl sites for hydroxylation is 13. The smallest absolute Gasteiger partial charge is 0.366 e. The molecule has 0 N–H and O–H groups in total. The van der Waals surface area contributed by atoms with Crippen LogP contribution in [0.4, 0.5) is 85.8 Å². The maximum Gasteiger partial charge on any atom is 0.543 e. The Morgan fingerprint density at radius 3 is 0.740 bits per heavy atom. The van der Waals surface area contributed by atoms with Gasteiger partial charge in [-0.15, -0.1) is 0 Å². The largest absolute Gasteiger partial charge is 0.543 e. The van der Waals surface area contributed by atoms with E-state index >= 15 is 0 Å². The second kappa shape index (κ2) is 41.9. The summed E-state index contributed by atoms with van der Waals surface area (Å²) in [5.41, 5.74) is 42.9. The first-order valence-corrected chi connectivity index (χ1v) is 51.4. The van der Waals surface area contributed by atoms with Gasteiger partial charge in [-0.2, -0.15) is 0 Å². The second-order valence-corrected chi connectivity index (χ2v) is 40.0. The minimum Gasteiger partial charge on any atom is -0.366 e. The first kappa shape index (κ1) is 97.0. The van der Waals surface area contributed by atoms with Gasteiger partial charge in [0.05, 0.1) is 53.0 Å². The van der Waals surface area contributed by atoms with Crippen molar-refractivity contribution in [1.29, 1.82) is 0 Å². The van der Waals surface area contributed by atoms with Crippen LogP contribution < -0.4 is 78.6 Å². The van der Waals surface area contributed by atoms with E-state index in [-0.39, 0.29) is 27.9 Å². The molecule has 0 spiro atoms. The zero-order valence-corrected chi connectivity index (χ0v) is 87.4. The SMILES string of the molecule is Cc1ccccc1N1B(c2c(-c3ccccc3)cccc2-c2ccccc2)N(C)c2ccc[n+](C)c21.Cc1ccccc1N1B(c2c(-c3ccccc3)cccc2-c2ccccc2)N(c2ccccc2)c2c(C)cc[n+](C)c21.Cc1ccccc1N1B(c2c(C(C)C)cccc2C(C)C)N(c2ccccc2)c2c(C)cc[n+](C)c21.Cc1ccccc1N1B(c2c(C)cccc2C)N(c2ccccc2)c2c(C)cc[n+](C)c21. The topological polar surface area (TPSA) is 41.4 Å². The van der Waals surface area contributed by atoms with Gasteiger partial charge in [-0.25, -0.2) is 18.3 Å². The predicted octanol–water partition coefficient (Wildman–Crippen LogP) is 26.8. The number of hydrogen-bond donors (Lipinski definition) is 0. The van der Waals surface area contributed by atoms with Crippen LogP contribution in [0.1, 0.15) is 101 Å². The van der Waals surface area contributed by atoms with Gasteiger partial charge in [0, 0.05) is 38.9 Å². The molecule has 0 bridgehead atoms. The molecule has 23 rings (SSSR count). The molecule has 0 atom stereocenters. The van der Waals surface area contributed by atoms with E-state index in [1.165, 1.54) is 208 Å². The predicted molar refractivity (Wildman–Crippen MR) is 619 cm³/mol. The molecule has 146 heavy (non-hydrogen) atoms. The van der Waals surface area contributed by atoms with Crippen molar-refractivity contribution in [3.05, 3.63) is 498 Å². The highest BCUT2D eigenvalue weighted by molar-refractivity contribution is 6.88. The number of benzene rings is 15. The number of hydrogen-bond acceptors (Lipinski definition) is 8. The van der Waals surface area contributed by atoms with Crippen molar-refractivity contribution in [3.63, 3.8) is 0 Å². The summed E-state index contributed by atoms with van der Waals surface area (Å²) in [5, 5.41) is 0. The average molecular weight is 1900 g/mol. The molecule has 0 fully saturated rings. The molecular weight excluding hydrogens is 1770 g/mol. The highest BCUT2D eigenvalue weighted by atomic mass is 15.4. The highest BCUT2D eigenvalue weighted by Gasteiger charge is 2.60. The average Bonchev–Trinajstić information content (AvgIpc) is 1.59. The van der Waals surface area contributed by atoms with Crippen molar-refractivity contribution < 1.29 is 18.3 Å². The molecule has 0 unspecified atom stereocenters. The lowest BCUT2D eigenvalue weighted by Crippen LogP contribution is -2.57. The number of aromatic nitrogens is 4. The molecule has 0 radical (unpaired) electrons. The van der Waals surface area contributed by atoms with E-state index in [1.54, 1.807) is 0 Å². The molecule has 15 aromatic carbocycles. The summed E-state index contributed by atoms with van der Waals surface area (Å²) >= 11 is 0. The molecular formula is C130H128B4N12+4. The third kappa shape index (κ3) is 18.0. The van der Waals surface area contributed by atoms with Crippen LogP contribution in [0, 0.1) is 62.3 Å². The Bertz CT molecular complexity index is 7790. The monoisotopic (exact) mass is 1900 g/mol. The van der Waals surface area contributed by atoms with Crippen molar-refractivity contribution in [2.24, 2.45) is 28.2 Å². The van der Waals surface area contributed by atoms with E-state index in [0.29, 0.717) is 11.8 Å². The van der Waals surface area contributed by atoms with Gasteiger partial charge in [0.25, 0.3) is 23.3 Å². The summed E-state index contributed by atoms with van der Waals surface area (Å²) in [6.07, 6.45) is 8.70. The zero-order valence-electron chi connectivity index (χ0n) is 87.4. The van der Waals surface area contributed by atoms with E-state index < -0.39 is 0 Å². The van der Waals surface area contributed by atoms with Crippen LogP contribution in [0.15, 0.2) is 437 Å². The number of nitrogens with zero attached hydrogens (tertiary/aromatic N) is 12. The van der Waals surface area contributed by atoms with Crippen molar-refractivity contribution in [2.75, 3.05) is 45.5 Å². The fraction of sp³-hybridized carbons (Fsp3) is 0.154. The Hall–Kier alpha value is -16.4. The van der Waals surface area contributed by atoms with E-state index in [1.807, 2.05) is 0 Å². The fourth-order valence-electron chi connectivity index (χ4n) is 22.8. The first-order chi connectivity index (χ1) is 71.1. The van der Waals surface area contributed by atoms with Crippen molar-refractivity contribution in [1.82, 2.24) is 0 Å². The van der Waals surface area contributed by atoms with Crippen LogP contribution in [-0.2, 0) is 28.2 Å². The standard InChI is InChI=1S/C38H33BN3.C32H29BN3.C32H37BN3.C28H29BN3/c1-28-16-13-14-25-35(28)42-38-37(29(2)26-27-40(38)3)41(32-21-11-6-12-22-32)39(42)36-33(30-17-7-4-8-18-30)23-15-24-34(36)31-19-9-5-10-20-31;1-24-14-10-11-21-29(24)36-32-30(22-13-23-34(32)2)35(3)33(36)31-27(25-15-6-4-7-16-25)19-12-20-28(31)26-17-8-5-9-18-26;1-22(2)27-17-13-18-28(23(3)4)30(27)33-35(26-15-9-8-10-16-26)31-25(6)20-21-34(7)32(31)36(33)29-19-12-11-14-24(29)5;1-20-12-9-10-17-25(20)32-28-27(23(4)18-19-30(28)5)31(24-15-7-6-8-16-24)29(32)26-21(2)13-11-14-22(26)3/h4-27H,1-3H3;4-23H,1-3H3;8-23H,1-7H3;6-19H,1-5H3/q4*+1. The molecule has 12 nitrogen and oxygen atoms in total. The van der Waals surface area contributed by atoms with Crippen molar-refractivity contribution in [3.8, 4) is 44.5 Å². The number of fused-ring (bicyclic) bond motifs is 4. The number of rotatable bonds is 17. The van der Waals surface area contributed by atoms with E-state index in [0.717, 1.165) is 5.69 Å². The molecule has 0 amide bonds. The Morgan fingerprint density at radius 2 is 0.432 bits per heavy atom. The molecule has 16 heteroatoms. The van der Waals surface area contributed by atoms with E-state index in [9.17, 15) is 0 Å². The number of anilines is 15. The molecule has 4 aromatic heterocycles. The summed E-state index contributed by atoms with van der Waals surface area (Å²) < 4.78 is 9.07. The van der Waals surface area contributed by atoms with Gasteiger partial charge in [-0.3, -0.25) is 19.2 Å². The molecule has 8 heterocycles. The molecule has 0 saturated heterocycles. The molecule has 4 aliphatic heterocycles. The molecule has 0 aliphatic carbocycles. The normalized spacial score (nSPS) is 12.8. The highest BCUT2D eigenvalue weighted by Crippen LogP contribution is 2.53. The zero-order chi connectivity index (χ0) is 101. The molecule has 19 aromatic rings. The summed E-state index contributed by atoms with van der Waals surface area (Å²) in [7, 11) is 10.8. The van der Waals surface area contributed by atoms with Gasteiger partial charge in [-0.05, 0) is 278 Å². The number of para-hydroxylation sites is 7. The molecule has 4 aliphatic rings. The Labute approximate surface area is 866 Å². The first-order valence-electron chi connectivity index (χ1n) is 51.4. The lowest BCUT2D eigenvalue weighted by molar-refractivity contribution is -0.657. The molecule has 716 valence electrons. The van der Waals surface area contributed by atoms with Crippen molar-refractivity contribution in [2.45, 2.75) is 102 Å². The van der Waals surface area contributed by atoms with E-state index in [4.69, 9.17) is 0 Å². The van der Waals surface area contributed by atoms with Crippen LogP contribution in [0.5, 0.6) is 0 Å². The number of pyridine rings is 4. The third-order valence-electron chi connectivity index (χ3n) is 29.8. The Balaban J connectivity index is 0.000000119. The summed E-state index contributed by atoms with van der Waals surface area (Å²) in [6.45, 7) is 29.1. The van der Waals surface area contributed by atoms with Gasteiger partial charge in [0.2, 0.25) is 0 Å². The quantitative estimate of drug-likeness (QED) is 0.0660. The third-order valence-corrected chi connectivity index (χ3v) is 29.8. The van der Waals surface area contributed by atoms with Gasteiger partial charge < -0.3 is 19.2 Å². The Morgan fingerprint density at radius 1 is 0.192 bits per heavy atom. The second-order valence-electron chi connectivity index (χ2n) is 40.0. The van der Waals surface area contributed by atoms with Crippen LogP contribution >= 0.6 is 0 Å². The fourth-order valence-corrected chi connectivity index (χ4v) is 22.8. The van der Waals surface area contributed by atoms with Crippen molar-refractivity contribution >= 4 is 136 Å². The van der Waals surface area contributed by atoms with Crippen LogP contribution in [-0.4, -0.2) is 35.0 Å². The summed E-state index contributed by atoms with van der Waals surface area (Å²) in [5.74, 6) is 5.64.